The molecule has 1 aliphatic carbocycles. The van der Waals surface area contributed by atoms with Gasteiger partial charge in [-0.3, -0.25) is 14.5 Å². The number of benzene rings is 2. The minimum atomic E-state index is -1.04. The molecule has 1 N–H and O–H groups in total. The van der Waals surface area contributed by atoms with Gasteiger partial charge in [0, 0.05) is 11.7 Å². The van der Waals surface area contributed by atoms with E-state index >= 15 is 0 Å². The first-order chi connectivity index (χ1) is 16.4. The summed E-state index contributed by atoms with van der Waals surface area (Å²) in [5.74, 6) is 0.197. The van der Waals surface area contributed by atoms with Gasteiger partial charge in [0.1, 0.15) is 17.8 Å². The van der Waals surface area contributed by atoms with E-state index in [1.807, 2.05) is 54.6 Å². The van der Waals surface area contributed by atoms with Crippen molar-refractivity contribution in [2.45, 2.75) is 63.5 Å². The summed E-state index contributed by atoms with van der Waals surface area (Å²) >= 11 is 0. The number of rotatable bonds is 8. The highest BCUT2D eigenvalue weighted by Crippen LogP contribution is 2.29. The number of amides is 4. The van der Waals surface area contributed by atoms with Gasteiger partial charge in [-0.1, -0.05) is 49.6 Å². The monoisotopic (exact) mass is 463 g/mol. The van der Waals surface area contributed by atoms with E-state index in [1.165, 1.54) is 6.42 Å². The molecule has 2 fully saturated rings. The number of para-hydroxylation sites is 1. The van der Waals surface area contributed by atoms with Gasteiger partial charge >= 0.3 is 6.03 Å². The topological polar surface area (TPSA) is 79.0 Å². The van der Waals surface area contributed by atoms with Gasteiger partial charge in [0.25, 0.3) is 5.91 Å². The van der Waals surface area contributed by atoms with Crippen LogP contribution in [0.5, 0.6) is 5.75 Å². The molecule has 1 saturated heterocycles. The molecule has 0 aromatic heterocycles. The standard InChI is InChI=1S/C27H33N3O4/c1-27(18-17-20-13-15-23(34-2)16-14-20)25(32)29(26(33)28-27)19-24(31)30(21-9-5-3-6-10-21)22-11-7-4-8-12-22/h3,5-6,9-10,13-16,22H,4,7-8,11-12,17-19H2,1-2H3,(H,28,33). The zero-order valence-corrected chi connectivity index (χ0v) is 20.0. The zero-order valence-electron chi connectivity index (χ0n) is 20.0. The summed E-state index contributed by atoms with van der Waals surface area (Å²) in [6.07, 6.45) is 6.25. The second-order valence-electron chi connectivity index (χ2n) is 9.39. The number of anilines is 1. The van der Waals surface area contributed by atoms with Gasteiger partial charge in [-0.25, -0.2) is 4.79 Å². The Hall–Kier alpha value is -3.35. The molecule has 1 unspecified atom stereocenters. The number of nitrogens with zero attached hydrogens (tertiary/aromatic N) is 2. The van der Waals surface area contributed by atoms with Crippen LogP contribution in [-0.4, -0.2) is 48.0 Å². The summed E-state index contributed by atoms with van der Waals surface area (Å²) in [4.78, 5) is 42.4. The molecule has 1 saturated carbocycles. The number of carbonyl (C=O) groups is 3. The van der Waals surface area contributed by atoms with Crippen molar-refractivity contribution in [3.05, 3.63) is 60.2 Å². The molecule has 34 heavy (non-hydrogen) atoms. The predicted octanol–water partition coefficient (Wildman–Crippen LogP) is 4.30. The van der Waals surface area contributed by atoms with Crippen molar-refractivity contribution < 1.29 is 19.1 Å². The first kappa shape index (κ1) is 23.8. The number of carbonyl (C=O) groups excluding carboxylic acids is 3. The molecule has 7 heteroatoms. The number of methoxy groups -OCH3 is 1. The van der Waals surface area contributed by atoms with Gasteiger partial charge < -0.3 is 15.0 Å². The summed E-state index contributed by atoms with van der Waals surface area (Å²) < 4.78 is 5.19. The largest absolute Gasteiger partial charge is 0.497 e. The van der Waals surface area contributed by atoms with Crippen LogP contribution in [0.4, 0.5) is 10.5 Å². The Labute approximate surface area is 201 Å². The van der Waals surface area contributed by atoms with Crippen LogP contribution in [0.2, 0.25) is 0 Å². The summed E-state index contributed by atoms with van der Waals surface area (Å²) in [5.41, 5.74) is 0.819. The van der Waals surface area contributed by atoms with Crippen molar-refractivity contribution in [3.8, 4) is 5.75 Å². The smallest absolute Gasteiger partial charge is 0.325 e. The lowest BCUT2D eigenvalue weighted by atomic mass is 9.93. The Kier molecular flexibility index (Phi) is 7.20. The fourth-order valence-corrected chi connectivity index (χ4v) is 4.94. The maximum absolute atomic E-state index is 13.5. The lowest BCUT2D eigenvalue weighted by molar-refractivity contribution is -0.134. The third-order valence-corrected chi connectivity index (χ3v) is 6.95. The molecule has 0 bridgehead atoms. The van der Waals surface area contributed by atoms with Crippen molar-refractivity contribution >= 4 is 23.5 Å². The summed E-state index contributed by atoms with van der Waals surface area (Å²) in [7, 11) is 1.62. The van der Waals surface area contributed by atoms with Crippen LogP contribution in [0.1, 0.15) is 51.0 Å². The molecule has 180 valence electrons. The van der Waals surface area contributed by atoms with Crippen molar-refractivity contribution in [1.29, 1.82) is 0 Å². The van der Waals surface area contributed by atoms with Crippen molar-refractivity contribution in [1.82, 2.24) is 10.2 Å². The Balaban J connectivity index is 1.45. The van der Waals surface area contributed by atoms with Crippen LogP contribution in [-0.2, 0) is 16.0 Å². The Bertz CT molecular complexity index is 1020. The molecule has 0 spiro atoms. The van der Waals surface area contributed by atoms with Gasteiger partial charge in [-0.2, -0.15) is 0 Å². The second-order valence-corrected chi connectivity index (χ2v) is 9.39. The molecule has 2 aliphatic rings. The van der Waals surface area contributed by atoms with E-state index in [4.69, 9.17) is 4.74 Å². The lowest BCUT2D eigenvalue weighted by Crippen LogP contribution is -2.49. The van der Waals surface area contributed by atoms with E-state index in [0.717, 1.165) is 47.6 Å². The number of ether oxygens (including phenoxy) is 1. The molecule has 1 heterocycles. The molecule has 0 radical (unpaired) electrons. The van der Waals surface area contributed by atoms with Crippen LogP contribution in [0.25, 0.3) is 0 Å². The number of hydrogen-bond donors (Lipinski definition) is 1. The highest BCUT2D eigenvalue weighted by Gasteiger charge is 2.48. The second kappa shape index (κ2) is 10.3. The molecule has 4 rings (SSSR count). The summed E-state index contributed by atoms with van der Waals surface area (Å²) in [5, 5.41) is 2.83. The SMILES string of the molecule is COc1ccc(CCC2(C)NC(=O)N(CC(=O)N(c3ccccc3)C3CCCCC3)C2=O)cc1. The number of nitrogens with one attached hydrogen (secondary N) is 1. The van der Waals surface area contributed by atoms with Crippen LogP contribution in [0.15, 0.2) is 54.6 Å². The van der Waals surface area contributed by atoms with Crippen molar-refractivity contribution in [2.24, 2.45) is 0 Å². The average Bonchev–Trinajstić information content (AvgIpc) is 3.08. The number of aryl methyl sites for hydroxylation is 1. The number of hydrogen-bond acceptors (Lipinski definition) is 4. The maximum Gasteiger partial charge on any atom is 0.325 e. The van der Waals surface area contributed by atoms with E-state index in [9.17, 15) is 14.4 Å². The van der Waals surface area contributed by atoms with E-state index in [2.05, 4.69) is 5.32 Å². The van der Waals surface area contributed by atoms with E-state index in [1.54, 1.807) is 18.9 Å². The number of urea groups is 1. The molecule has 4 amide bonds. The van der Waals surface area contributed by atoms with Crippen molar-refractivity contribution in [2.75, 3.05) is 18.6 Å². The molecule has 7 nitrogen and oxygen atoms in total. The Morgan fingerprint density at radius 1 is 1.06 bits per heavy atom. The lowest BCUT2D eigenvalue weighted by Gasteiger charge is -2.35. The molecule has 1 aliphatic heterocycles. The third-order valence-electron chi connectivity index (χ3n) is 6.95. The zero-order chi connectivity index (χ0) is 24.1. The quantitative estimate of drug-likeness (QED) is 0.592. The predicted molar refractivity (Wildman–Crippen MR) is 131 cm³/mol. The fraction of sp³-hybridized carbons (Fsp3) is 0.444. The van der Waals surface area contributed by atoms with Gasteiger partial charge in [0.15, 0.2) is 0 Å². The van der Waals surface area contributed by atoms with Gasteiger partial charge in [0.05, 0.1) is 7.11 Å². The van der Waals surface area contributed by atoms with Crippen LogP contribution >= 0.6 is 0 Å². The highest BCUT2D eigenvalue weighted by atomic mass is 16.5. The van der Waals surface area contributed by atoms with Crippen LogP contribution in [0, 0.1) is 0 Å². The number of imide groups is 1. The van der Waals surface area contributed by atoms with E-state index in [-0.39, 0.29) is 24.4 Å². The summed E-state index contributed by atoms with van der Waals surface area (Å²) in [6, 6.07) is 16.8. The van der Waals surface area contributed by atoms with E-state index in [0.29, 0.717) is 12.8 Å². The average molecular weight is 464 g/mol. The fourth-order valence-electron chi connectivity index (χ4n) is 4.94. The Morgan fingerprint density at radius 2 is 1.74 bits per heavy atom. The van der Waals surface area contributed by atoms with Gasteiger partial charge in [0.2, 0.25) is 5.91 Å². The highest BCUT2D eigenvalue weighted by molar-refractivity contribution is 6.10. The van der Waals surface area contributed by atoms with Crippen LogP contribution < -0.4 is 15.0 Å². The molecular formula is C27H33N3O4. The first-order valence-corrected chi connectivity index (χ1v) is 12.1. The normalized spacial score (nSPS) is 20.8. The van der Waals surface area contributed by atoms with Gasteiger partial charge in [-0.15, -0.1) is 0 Å². The first-order valence-electron chi connectivity index (χ1n) is 12.1. The molecule has 2 aromatic rings. The minimum Gasteiger partial charge on any atom is -0.497 e. The molecule has 1 atom stereocenters. The van der Waals surface area contributed by atoms with Crippen LogP contribution in [0.3, 0.4) is 0 Å². The minimum absolute atomic E-state index is 0.0888. The third kappa shape index (κ3) is 5.08. The Morgan fingerprint density at radius 3 is 2.38 bits per heavy atom. The maximum atomic E-state index is 13.5. The van der Waals surface area contributed by atoms with Crippen molar-refractivity contribution in [3.63, 3.8) is 0 Å². The summed E-state index contributed by atoms with van der Waals surface area (Å²) in [6.45, 7) is 1.48. The molecular weight excluding hydrogens is 430 g/mol. The molecule has 2 aromatic carbocycles. The van der Waals surface area contributed by atoms with Gasteiger partial charge in [-0.05, 0) is 62.4 Å². The van der Waals surface area contributed by atoms with E-state index < -0.39 is 11.6 Å².